The first-order chi connectivity index (χ1) is 10.2. The summed E-state index contributed by atoms with van der Waals surface area (Å²) in [5.41, 5.74) is 1.06. The second-order valence-electron chi connectivity index (χ2n) is 5.74. The topological polar surface area (TPSA) is 12.0 Å². The van der Waals surface area contributed by atoms with E-state index < -0.39 is 0 Å². The number of hydrogen-bond donors (Lipinski definition) is 1. The molecule has 3 heteroatoms. The second-order valence-corrected chi connectivity index (χ2v) is 6.55. The SMILES string of the molecule is CCCCCCCCCCCCNc1ccc(Cl)c(Cl)c1. The molecule has 0 atom stereocenters. The lowest BCUT2D eigenvalue weighted by molar-refractivity contribution is 0.560. The molecule has 1 N–H and O–H groups in total. The maximum atomic E-state index is 5.98. The highest BCUT2D eigenvalue weighted by Gasteiger charge is 1.98. The van der Waals surface area contributed by atoms with Crippen LogP contribution in [-0.2, 0) is 0 Å². The van der Waals surface area contributed by atoms with Gasteiger partial charge in [0.1, 0.15) is 0 Å². The molecule has 1 aromatic rings. The summed E-state index contributed by atoms with van der Waals surface area (Å²) in [6.07, 6.45) is 13.7. The van der Waals surface area contributed by atoms with Gasteiger partial charge in [0, 0.05) is 12.2 Å². The molecule has 0 saturated carbocycles. The van der Waals surface area contributed by atoms with Crippen molar-refractivity contribution >= 4 is 28.9 Å². The Labute approximate surface area is 140 Å². The van der Waals surface area contributed by atoms with Gasteiger partial charge in [0.15, 0.2) is 0 Å². The lowest BCUT2D eigenvalue weighted by atomic mass is 10.1. The third kappa shape index (κ3) is 9.26. The van der Waals surface area contributed by atoms with E-state index in [1.807, 2.05) is 18.2 Å². The van der Waals surface area contributed by atoms with E-state index in [4.69, 9.17) is 23.2 Å². The van der Waals surface area contributed by atoms with Crippen LogP contribution >= 0.6 is 23.2 Å². The van der Waals surface area contributed by atoms with Crippen LogP contribution in [0.1, 0.15) is 71.1 Å². The fraction of sp³-hybridized carbons (Fsp3) is 0.667. The first-order valence-corrected chi connectivity index (χ1v) is 9.18. The van der Waals surface area contributed by atoms with Crippen LogP contribution in [0.15, 0.2) is 18.2 Å². The van der Waals surface area contributed by atoms with Crippen molar-refractivity contribution in [2.45, 2.75) is 71.1 Å². The van der Waals surface area contributed by atoms with E-state index >= 15 is 0 Å². The zero-order chi connectivity index (χ0) is 15.3. The van der Waals surface area contributed by atoms with Crippen LogP contribution in [0.3, 0.4) is 0 Å². The highest BCUT2D eigenvalue weighted by atomic mass is 35.5. The quantitative estimate of drug-likeness (QED) is 0.396. The fourth-order valence-corrected chi connectivity index (χ4v) is 2.75. The molecule has 0 amide bonds. The largest absolute Gasteiger partial charge is 0.385 e. The Morgan fingerprint density at radius 3 is 1.90 bits per heavy atom. The van der Waals surface area contributed by atoms with Crippen LogP contribution in [0.5, 0.6) is 0 Å². The number of hydrogen-bond acceptors (Lipinski definition) is 1. The Morgan fingerprint density at radius 2 is 1.33 bits per heavy atom. The van der Waals surface area contributed by atoms with Crippen LogP contribution in [0.2, 0.25) is 10.0 Å². The van der Waals surface area contributed by atoms with Gasteiger partial charge < -0.3 is 5.32 Å². The molecule has 1 nitrogen and oxygen atoms in total. The van der Waals surface area contributed by atoms with Gasteiger partial charge in [-0.2, -0.15) is 0 Å². The van der Waals surface area contributed by atoms with Crippen LogP contribution < -0.4 is 5.32 Å². The molecule has 0 spiro atoms. The first kappa shape index (κ1) is 18.6. The van der Waals surface area contributed by atoms with Crippen molar-refractivity contribution in [2.75, 3.05) is 11.9 Å². The zero-order valence-electron chi connectivity index (χ0n) is 13.3. The van der Waals surface area contributed by atoms with Gasteiger partial charge in [-0.1, -0.05) is 87.9 Å². The highest BCUT2D eigenvalue weighted by molar-refractivity contribution is 6.42. The Balaban J connectivity index is 1.91. The number of benzene rings is 1. The van der Waals surface area contributed by atoms with Crippen molar-refractivity contribution in [2.24, 2.45) is 0 Å². The van der Waals surface area contributed by atoms with Crippen LogP contribution in [0.25, 0.3) is 0 Å². The van der Waals surface area contributed by atoms with Crippen molar-refractivity contribution in [3.63, 3.8) is 0 Å². The maximum absolute atomic E-state index is 5.98. The van der Waals surface area contributed by atoms with Gasteiger partial charge in [-0.3, -0.25) is 0 Å². The van der Waals surface area contributed by atoms with Gasteiger partial charge >= 0.3 is 0 Å². The van der Waals surface area contributed by atoms with Gasteiger partial charge in [0.25, 0.3) is 0 Å². The number of halogens is 2. The molecule has 1 aromatic carbocycles. The zero-order valence-corrected chi connectivity index (χ0v) is 14.8. The lowest BCUT2D eigenvalue weighted by Crippen LogP contribution is -2.01. The molecule has 0 unspecified atom stereocenters. The molecule has 0 aliphatic heterocycles. The van der Waals surface area contributed by atoms with E-state index in [9.17, 15) is 0 Å². The molecule has 0 bridgehead atoms. The fourth-order valence-electron chi connectivity index (χ4n) is 2.45. The van der Waals surface area contributed by atoms with Crippen molar-refractivity contribution in [1.29, 1.82) is 0 Å². The molecule has 0 saturated heterocycles. The van der Waals surface area contributed by atoms with E-state index in [2.05, 4.69) is 12.2 Å². The third-order valence-electron chi connectivity index (χ3n) is 3.78. The highest BCUT2D eigenvalue weighted by Crippen LogP contribution is 2.25. The van der Waals surface area contributed by atoms with Gasteiger partial charge in [-0.15, -0.1) is 0 Å². The molecule has 0 aliphatic carbocycles. The molecule has 0 fully saturated rings. The molecule has 1 rings (SSSR count). The molecular formula is C18H29Cl2N. The van der Waals surface area contributed by atoms with Crippen molar-refractivity contribution in [3.05, 3.63) is 28.2 Å². The minimum absolute atomic E-state index is 0.612. The number of rotatable bonds is 12. The molecule has 21 heavy (non-hydrogen) atoms. The van der Waals surface area contributed by atoms with Crippen LogP contribution in [0, 0.1) is 0 Å². The number of anilines is 1. The minimum atomic E-state index is 0.612. The molecule has 0 radical (unpaired) electrons. The summed E-state index contributed by atoms with van der Waals surface area (Å²) in [4.78, 5) is 0. The summed E-state index contributed by atoms with van der Waals surface area (Å²) in [6.45, 7) is 3.28. The van der Waals surface area contributed by atoms with Crippen molar-refractivity contribution in [1.82, 2.24) is 0 Å². The third-order valence-corrected chi connectivity index (χ3v) is 4.52. The van der Waals surface area contributed by atoms with Crippen molar-refractivity contribution in [3.8, 4) is 0 Å². The summed E-state index contributed by atoms with van der Waals surface area (Å²) in [5.74, 6) is 0. The summed E-state index contributed by atoms with van der Waals surface area (Å²) in [6, 6.07) is 5.70. The molecule has 0 aliphatic rings. The van der Waals surface area contributed by atoms with Gasteiger partial charge in [0.05, 0.1) is 10.0 Å². The monoisotopic (exact) mass is 329 g/mol. The standard InChI is InChI=1S/C18H29Cl2N/c1-2-3-4-5-6-7-8-9-10-11-14-21-16-12-13-17(19)18(20)15-16/h12-13,15,21H,2-11,14H2,1H3. The predicted molar refractivity (Wildman–Crippen MR) is 96.8 cm³/mol. The van der Waals surface area contributed by atoms with Crippen molar-refractivity contribution < 1.29 is 0 Å². The summed E-state index contributed by atoms with van der Waals surface area (Å²) in [7, 11) is 0. The molecule has 120 valence electrons. The average molecular weight is 330 g/mol. The molecule has 0 heterocycles. The average Bonchev–Trinajstić information content (AvgIpc) is 2.48. The van der Waals surface area contributed by atoms with Crippen LogP contribution in [0.4, 0.5) is 5.69 Å². The summed E-state index contributed by atoms with van der Waals surface area (Å²) < 4.78 is 0. The second kappa shape index (κ2) is 12.2. The van der Waals surface area contributed by atoms with Gasteiger partial charge in [0.2, 0.25) is 0 Å². The smallest absolute Gasteiger partial charge is 0.0612 e. The Kier molecular flexibility index (Phi) is 10.8. The lowest BCUT2D eigenvalue weighted by Gasteiger charge is -2.07. The van der Waals surface area contributed by atoms with Gasteiger partial charge in [-0.05, 0) is 24.6 Å². The number of nitrogens with one attached hydrogen (secondary N) is 1. The van der Waals surface area contributed by atoms with E-state index in [0.717, 1.165) is 12.2 Å². The number of unbranched alkanes of at least 4 members (excludes halogenated alkanes) is 9. The van der Waals surface area contributed by atoms with E-state index in [-0.39, 0.29) is 0 Å². The Bertz CT molecular complexity index is 379. The van der Waals surface area contributed by atoms with Crippen LogP contribution in [-0.4, -0.2) is 6.54 Å². The normalized spacial score (nSPS) is 10.8. The Hall–Kier alpha value is -0.400. The summed E-state index contributed by atoms with van der Waals surface area (Å²) in [5, 5.41) is 4.62. The molecule has 0 aromatic heterocycles. The predicted octanol–water partition coefficient (Wildman–Crippen LogP) is 7.33. The summed E-state index contributed by atoms with van der Waals surface area (Å²) >= 11 is 11.9. The first-order valence-electron chi connectivity index (χ1n) is 8.43. The minimum Gasteiger partial charge on any atom is -0.385 e. The Morgan fingerprint density at radius 1 is 0.762 bits per heavy atom. The van der Waals surface area contributed by atoms with E-state index in [1.165, 1.54) is 64.2 Å². The van der Waals surface area contributed by atoms with E-state index in [0.29, 0.717) is 10.0 Å². The van der Waals surface area contributed by atoms with E-state index in [1.54, 1.807) is 0 Å². The molecular weight excluding hydrogens is 301 g/mol. The van der Waals surface area contributed by atoms with Gasteiger partial charge in [-0.25, -0.2) is 0 Å². The maximum Gasteiger partial charge on any atom is 0.0612 e.